The van der Waals surface area contributed by atoms with Crippen LogP contribution in [0.2, 0.25) is 5.02 Å². The average molecular weight is 400 g/mol. The summed E-state index contributed by atoms with van der Waals surface area (Å²) in [7, 11) is 1.40. The number of halogens is 1. The van der Waals surface area contributed by atoms with Gasteiger partial charge in [-0.25, -0.2) is 4.79 Å². The molecular formula is C16H18ClN3O7. The van der Waals surface area contributed by atoms with E-state index in [1.54, 1.807) is 4.90 Å². The summed E-state index contributed by atoms with van der Waals surface area (Å²) in [6.07, 6.45) is 0. The minimum Gasteiger partial charge on any atom is -0.452 e. The molecule has 0 radical (unpaired) electrons. The molecular weight excluding hydrogens is 382 g/mol. The van der Waals surface area contributed by atoms with Crippen molar-refractivity contribution >= 4 is 35.1 Å². The van der Waals surface area contributed by atoms with Gasteiger partial charge in [-0.1, -0.05) is 11.6 Å². The SMILES string of the molecule is CN(CC(=O)N1CCOCC1)C(=O)COC(=O)c1ccc(Cl)cc1[N+](=O)[O-]. The van der Waals surface area contributed by atoms with Gasteiger partial charge in [-0.3, -0.25) is 19.7 Å². The Balaban J connectivity index is 1.90. The lowest BCUT2D eigenvalue weighted by Crippen LogP contribution is -2.46. The lowest BCUT2D eigenvalue weighted by molar-refractivity contribution is -0.385. The van der Waals surface area contributed by atoms with E-state index in [0.717, 1.165) is 17.0 Å². The number of esters is 1. The maximum atomic E-state index is 12.1. The fourth-order valence-electron chi connectivity index (χ4n) is 2.35. The summed E-state index contributed by atoms with van der Waals surface area (Å²) in [5.41, 5.74) is -0.833. The third-order valence-corrected chi connectivity index (χ3v) is 4.10. The van der Waals surface area contributed by atoms with E-state index in [9.17, 15) is 24.5 Å². The van der Waals surface area contributed by atoms with Crippen LogP contribution in [0.3, 0.4) is 0 Å². The van der Waals surface area contributed by atoms with Crippen LogP contribution in [0.4, 0.5) is 5.69 Å². The van der Waals surface area contributed by atoms with Gasteiger partial charge in [0.15, 0.2) is 6.61 Å². The van der Waals surface area contributed by atoms with Crippen LogP contribution < -0.4 is 0 Å². The zero-order chi connectivity index (χ0) is 20.0. The fraction of sp³-hybridized carbons (Fsp3) is 0.438. The molecule has 0 saturated carbocycles. The van der Waals surface area contributed by atoms with E-state index in [4.69, 9.17) is 21.1 Å². The van der Waals surface area contributed by atoms with E-state index in [1.165, 1.54) is 13.1 Å². The Hall–Kier alpha value is -2.72. The molecule has 1 aromatic rings. The number of amides is 2. The number of nitrogens with zero attached hydrogens (tertiary/aromatic N) is 3. The molecule has 0 aliphatic carbocycles. The highest BCUT2D eigenvalue weighted by Crippen LogP contribution is 2.23. The Kier molecular flexibility index (Phi) is 7.08. The number of ether oxygens (including phenoxy) is 2. The minimum absolute atomic E-state index is 0.0932. The number of hydrogen-bond acceptors (Lipinski definition) is 7. The molecule has 27 heavy (non-hydrogen) atoms. The molecule has 1 aliphatic rings. The van der Waals surface area contributed by atoms with Crippen molar-refractivity contribution in [2.75, 3.05) is 46.5 Å². The number of nitro groups is 1. The Bertz CT molecular complexity index is 750. The van der Waals surface area contributed by atoms with Crippen LogP contribution in [-0.4, -0.2) is 79.0 Å². The predicted molar refractivity (Wildman–Crippen MR) is 93.4 cm³/mol. The first-order valence-electron chi connectivity index (χ1n) is 8.00. The van der Waals surface area contributed by atoms with Crippen LogP contribution in [0.15, 0.2) is 18.2 Å². The van der Waals surface area contributed by atoms with E-state index >= 15 is 0 Å². The van der Waals surface area contributed by atoms with Crippen molar-refractivity contribution in [3.05, 3.63) is 38.9 Å². The Morgan fingerprint density at radius 2 is 2.00 bits per heavy atom. The number of benzene rings is 1. The molecule has 2 amide bonds. The summed E-state index contributed by atoms with van der Waals surface area (Å²) in [5.74, 6) is -1.88. The number of carbonyl (C=O) groups is 3. The van der Waals surface area contributed by atoms with Gasteiger partial charge < -0.3 is 19.3 Å². The van der Waals surface area contributed by atoms with E-state index < -0.39 is 29.1 Å². The number of likely N-dealkylation sites (N-methyl/N-ethyl adjacent to an activating group) is 1. The van der Waals surface area contributed by atoms with Gasteiger partial charge in [0, 0.05) is 31.2 Å². The summed E-state index contributed by atoms with van der Waals surface area (Å²) >= 11 is 5.69. The highest BCUT2D eigenvalue weighted by Gasteiger charge is 2.24. The third-order valence-electron chi connectivity index (χ3n) is 3.87. The summed E-state index contributed by atoms with van der Waals surface area (Å²) in [6.45, 7) is 0.983. The first-order valence-corrected chi connectivity index (χ1v) is 8.38. The Labute approximate surface area is 159 Å². The normalized spacial score (nSPS) is 13.8. The molecule has 0 bridgehead atoms. The highest BCUT2D eigenvalue weighted by molar-refractivity contribution is 6.31. The lowest BCUT2D eigenvalue weighted by atomic mass is 10.2. The lowest BCUT2D eigenvalue weighted by Gasteiger charge is -2.28. The molecule has 2 rings (SSSR count). The quantitative estimate of drug-likeness (QED) is 0.392. The number of rotatable bonds is 6. The molecule has 1 saturated heterocycles. The van der Waals surface area contributed by atoms with Crippen molar-refractivity contribution in [2.45, 2.75) is 0 Å². The fourth-order valence-corrected chi connectivity index (χ4v) is 2.51. The zero-order valence-corrected chi connectivity index (χ0v) is 15.3. The maximum Gasteiger partial charge on any atom is 0.345 e. The molecule has 0 N–H and O–H groups in total. The molecule has 1 fully saturated rings. The molecule has 0 aromatic heterocycles. The Morgan fingerprint density at radius 3 is 2.63 bits per heavy atom. The molecule has 146 valence electrons. The van der Waals surface area contributed by atoms with Crippen molar-refractivity contribution in [3.8, 4) is 0 Å². The number of carbonyl (C=O) groups excluding carboxylic acids is 3. The van der Waals surface area contributed by atoms with Crippen molar-refractivity contribution in [1.29, 1.82) is 0 Å². The second kappa shape index (κ2) is 9.28. The molecule has 0 atom stereocenters. The maximum absolute atomic E-state index is 12.1. The summed E-state index contributed by atoms with van der Waals surface area (Å²) in [4.78, 5) is 49.2. The molecule has 1 heterocycles. The van der Waals surface area contributed by atoms with Crippen molar-refractivity contribution in [3.63, 3.8) is 0 Å². The van der Waals surface area contributed by atoms with E-state index in [1.807, 2.05) is 0 Å². The number of nitro benzene ring substituents is 1. The number of morpholine rings is 1. The molecule has 1 aliphatic heterocycles. The van der Waals surface area contributed by atoms with Crippen LogP contribution in [0.25, 0.3) is 0 Å². The van der Waals surface area contributed by atoms with Gasteiger partial charge in [-0.05, 0) is 12.1 Å². The highest BCUT2D eigenvalue weighted by atomic mass is 35.5. The minimum atomic E-state index is -1.03. The van der Waals surface area contributed by atoms with Crippen LogP contribution in [0.5, 0.6) is 0 Å². The first kappa shape index (κ1) is 20.6. The van der Waals surface area contributed by atoms with Gasteiger partial charge in [-0.2, -0.15) is 0 Å². The van der Waals surface area contributed by atoms with Gasteiger partial charge in [0.25, 0.3) is 11.6 Å². The van der Waals surface area contributed by atoms with Gasteiger partial charge in [0.1, 0.15) is 5.56 Å². The van der Waals surface area contributed by atoms with Crippen molar-refractivity contribution < 1.29 is 28.8 Å². The van der Waals surface area contributed by atoms with Crippen molar-refractivity contribution in [2.24, 2.45) is 0 Å². The van der Waals surface area contributed by atoms with E-state index in [0.29, 0.717) is 26.3 Å². The topological polar surface area (TPSA) is 119 Å². The standard InChI is InChI=1S/C16H18ClN3O7/c1-18(9-14(21)19-4-6-26-7-5-19)15(22)10-27-16(23)12-3-2-11(17)8-13(12)20(24)25/h2-3,8H,4-7,9-10H2,1H3. The van der Waals surface area contributed by atoms with Gasteiger partial charge in [0.05, 0.1) is 24.7 Å². The third kappa shape index (κ3) is 5.63. The van der Waals surface area contributed by atoms with Gasteiger partial charge in [0.2, 0.25) is 5.91 Å². The summed E-state index contributed by atoms with van der Waals surface area (Å²) in [6, 6.07) is 3.48. The van der Waals surface area contributed by atoms with Crippen molar-refractivity contribution in [1.82, 2.24) is 9.80 Å². The molecule has 10 nitrogen and oxygen atoms in total. The second-order valence-electron chi connectivity index (χ2n) is 5.74. The van der Waals surface area contributed by atoms with Gasteiger partial charge in [-0.15, -0.1) is 0 Å². The van der Waals surface area contributed by atoms with E-state index in [2.05, 4.69) is 0 Å². The van der Waals surface area contributed by atoms with Crippen LogP contribution in [0, 0.1) is 10.1 Å². The zero-order valence-electron chi connectivity index (χ0n) is 14.6. The predicted octanol–water partition coefficient (Wildman–Crippen LogP) is 0.722. The van der Waals surface area contributed by atoms with Gasteiger partial charge >= 0.3 is 5.97 Å². The average Bonchev–Trinajstić information content (AvgIpc) is 2.66. The number of hydrogen-bond donors (Lipinski definition) is 0. The molecule has 0 unspecified atom stereocenters. The molecule has 1 aromatic carbocycles. The Morgan fingerprint density at radius 1 is 1.33 bits per heavy atom. The summed E-state index contributed by atoms with van der Waals surface area (Å²) in [5, 5.41) is 11.1. The summed E-state index contributed by atoms with van der Waals surface area (Å²) < 4.78 is 10.0. The smallest absolute Gasteiger partial charge is 0.345 e. The molecule has 11 heteroatoms. The second-order valence-corrected chi connectivity index (χ2v) is 6.17. The largest absolute Gasteiger partial charge is 0.452 e. The van der Waals surface area contributed by atoms with Crippen LogP contribution in [0.1, 0.15) is 10.4 Å². The van der Waals surface area contributed by atoms with Crippen LogP contribution in [-0.2, 0) is 19.1 Å². The van der Waals surface area contributed by atoms with Crippen LogP contribution >= 0.6 is 11.6 Å². The monoisotopic (exact) mass is 399 g/mol. The van der Waals surface area contributed by atoms with E-state index in [-0.39, 0.29) is 23.0 Å². The molecule has 0 spiro atoms. The first-order chi connectivity index (χ1) is 12.8.